The van der Waals surface area contributed by atoms with Crippen LogP contribution in [-0.2, 0) is 14.8 Å². The van der Waals surface area contributed by atoms with E-state index in [1.165, 1.54) is 38.1 Å². The molecule has 0 heterocycles. The molecule has 0 unspecified atom stereocenters. The van der Waals surface area contributed by atoms with Crippen LogP contribution in [-0.4, -0.2) is 32.4 Å². The molecule has 0 aromatic heterocycles. The molecule has 8 heteroatoms. The Hall–Kier alpha value is -2.74. The lowest BCUT2D eigenvalue weighted by molar-refractivity contribution is -0.116. The van der Waals surface area contributed by atoms with Gasteiger partial charge in [-0.15, -0.1) is 0 Å². The lowest BCUT2D eigenvalue weighted by Crippen LogP contribution is -2.45. The molecule has 0 bridgehead atoms. The number of Topliss-reactive ketones (excluding diaryl/α,β-unsaturated/α-hetero) is 1. The van der Waals surface area contributed by atoms with E-state index in [0.29, 0.717) is 11.3 Å². The van der Waals surface area contributed by atoms with Crippen molar-refractivity contribution in [3.05, 3.63) is 59.9 Å². The molecule has 138 valence electrons. The van der Waals surface area contributed by atoms with Crippen molar-refractivity contribution < 1.29 is 22.4 Å². The number of carbonyl (C=O) groups is 2. The minimum atomic E-state index is -3.84. The van der Waals surface area contributed by atoms with Gasteiger partial charge in [-0.05, 0) is 44.2 Å². The highest BCUT2D eigenvalue weighted by atomic mass is 32.2. The van der Waals surface area contributed by atoms with Crippen LogP contribution in [0.15, 0.2) is 48.5 Å². The second-order valence-electron chi connectivity index (χ2n) is 5.84. The van der Waals surface area contributed by atoms with Crippen molar-refractivity contribution >= 4 is 33.1 Å². The number of rotatable bonds is 6. The summed E-state index contributed by atoms with van der Waals surface area (Å²) in [5.41, 5.74) is 0.829. The van der Waals surface area contributed by atoms with Gasteiger partial charge in [0.25, 0.3) is 0 Å². The molecular weight excluding hydrogens is 359 g/mol. The third-order valence-electron chi connectivity index (χ3n) is 3.69. The van der Waals surface area contributed by atoms with Crippen molar-refractivity contribution in [1.29, 1.82) is 0 Å². The molecule has 0 aliphatic rings. The third kappa shape index (κ3) is 4.66. The first-order chi connectivity index (χ1) is 12.1. The number of amides is 1. The lowest BCUT2D eigenvalue weighted by Gasteiger charge is -2.28. The first-order valence-electron chi connectivity index (χ1n) is 7.76. The Kier molecular flexibility index (Phi) is 5.76. The van der Waals surface area contributed by atoms with Crippen molar-refractivity contribution in [2.24, 2.45) is 0 Å². The van der Waals surface area contributed by atoms with Crippen LogP contribution in [0.4, 0.5) is 15.8 Å². The van der Waals surface area contributed by atoms with Gasteiger partial charge in [0.05, 0.1) is 11.9 Å². The van der Waals surface area contributed by atoms with Crippen molar-refractivity contribution in [2.45, 2.75) is 19.9 Å². The van der Waals surface area contributed by atoms with Gasteiger partial charge in [-0.2, -0.15) is 0 Å². The summed E-state index contributed by atoms with van der Waals surface area (Å²) in [6, 6.07) is 10.2. The van der Waals surface area contributed by atoms with E-state index in [1.54, 1.807) is 18.2 Å². The van der Waals surface area contributed by atoms with Crippen LogP contribution in [0, 0.1) is 5.82 Å². The van der Waals surface area contributed by atoms with Crippen LogP contribution in [0.25, 0.3) is 0 Å². The van der Waals surface area contributed by atoms with Crippen LogP contribution >= 0.6 is 0 Å². The minimum Gasteiger partial charge on any atom is -0.324 e. The van der Waals surface area contributed by atoms with Crippen molar-refractivity contribution in [1.82, 2.24) is 0 Å². The Morgan fingerprint density at radius 1 is 1.12 bits per heavy atom. The largest absolute Gasteiger partial charge is 0.324 e. The predicted octanol–water partition coefficient (Wildman–Crippen LogP) is 2.82. The molecule has 1 N–H and O–H groups in total. The molecule has 1 amide bonds. The second kappa shape index (κ2) is 7.65. The highest BCUT2D eigenvalue weighted by Crippen LogP contribution is 2.22. The molecule has 26 heavy (non-hydrogen) atoms. The summed E-state index contributed by atoms with van der Waals surface area (Å²) in [6.07, 6.45) is 0.943. The Balaban J connectivity index is 2.31. The Morgan fingerprint density at radius 3 is 2.35 bits per heavy atom. The molecule has 0 radical (unpaired) electrons. The number of anilines is 2. The molecule has 2 aromatic carbocycles. The quantitative estimate of drug-likeness (QED) is 0.784. The summed E-state index contributed by atoms with van der Waals surface area (Å²) < 4.78 is 38.7. The number of hydrogen-bond acceptors (Lipinski definition) is 4. The molecule has 0 spiro atoms. The van der Waals surface area contributed by atoms with E-state index in [4.69, 9.17) is 0 Å². The van der Waals surface area contributed by atoms with Gasteiger partial charge in [0.15, 0.2) is 5.78 Å². The minimum absolute atomic E-state index is 0.0487. The normalized spacial score (nSPS) is 12.3. The van der Waals surface area contributed by atoms with E-state index < -0.39 is 27.8 Å². The molecule has 6 nitrogen and oxygen atoms in total. The zero-order chi connectivity index (χ0) is 19.5. The summed E-state index contributed by atoms with van der Waals surface area (Å²) in [6.45, 7) is 2.80. The standard InChI is InChI=1S/C18H19FN2O4S/c1-12(18(23)20-16-8-4-6-14(10-16)13(2)22)21(26(3,24)25)17-9-5-7-15(19)11-17/h4-12H,1-3H3,(H,20,23)/t12-/m1/s1. The van der Waals surface area contributed by atoms with Gasteiger partial charge in [-0.3, -0.25) is 13.9 Å². The van der Waals surface area contributed by atoms with Gasteiger partial charge in [0, 0.05) is 11.3 Å². The summed E-state index contributed by atoms with van der Waals surface area (Å²) in [7, 11) is -3.84. The van der Waals surface area contributed by atoms with Crippen LogP contribution in [0.3, 0.4) is 0 Å². The zero-order valence-electron chi connectivity index (χ0n) is 14.6. The second-order valence-corrected chi connectivity index (χ2v) is 7.70. The topological polar surface area (TPSA) is 83.6 Å². The van der Waals surface area contributed by atoms with Crippen molar-refractivity contribution in [3.8, 4) is 0 Å². The van der Waals surface area contributed by atoms with Gasteiger partial charge in [0.1, 0.15) is 11.9 Å². The zero-order valence-corrected chi connectivity index (χ0v) is 15.4. The SMILES string of the molecule is CC(=O)c1cccc(NC(=O)[C@@H](C)N(c2cccc(F)c2)S(C)(=O)=O)c1. The fourth-order valence-electron chi connectivity index (χ4n) is 2.48. The lowest BCUT2D eigenvalue weighted by atomic mass is 10.1. The number of sulfonamides is 1. The van der Waals surface area contributed by atoms with Gasteiger partial charge >= 0.3 is 0 Å². The third-order valence-corrected chi connectivity index (χ3v) is 4.93. The molecule has 0 saturated carbocycles. The number of carbonyl (C=O) groups excluding carboxylic acids is 2. The number of halogens is 1. The van der Waals surface area contributed by atoms with Gasteiger partial charge in [0.2, 0.25) is 15.9 Å². The first-order valence-corrected chi connectivity index (χ1v) is 9.61. The average molecular weight is 378 g/mol. The van der Waals surface area contributed by atoms with E-state index in [0.717, 1.165) is 16.6 Å². The Morgan fingerprint density at radius 2 is 1.77 bits per heavy atom. The summed E-state index contributed by atoms with van der Waals surface area (Å²) in [5.74, 6) is -1.38. The summed E-state index contributed by atoms with van der Waals surface area (Å²) in [4.78, 5) is 24.0. The molecular formula is C18H19FN2O4S. The Labute approximate surface area is 151 Å². The van der Waals surface area contributed by atoms with Crippen molar-refractivity contribution in [3.63, 3.8) is 0 Å². The molecule has 0 saturated heterocycles. The maximum Gasteiger partial charge on any atom is 0.247 e. The molecule has 0 aliphatic heterocycles. The smallest absolute Gasteiger partial charge is 0.247 e. The number of benzene rings is 2. The first kappa shape index (κ1) is 19.6. The molecule has 0 aliphatic carbocycles. The number of hydrogen-bond donors (Lipinski definition) is 1. The van der Waals surface area contributed by atoms with Crippen LogP contribution < -0.4 is 9.62 Å². The molecule has 2 aromatic rings. The van der Waals surface area contributed by atoms with E-state index >= 15 is 0 Å². The fourth-order valence-corrected chi connectivity index (χ4v) is 3.65. The van der Waals surface area contributed by atoms with Gasteiger partial charge < -0.3 is 5.32 Å². The molecule has 2 rings (SSSR count). The maximum atomic E-state index is 13.5. The van der Waals surface area contributed by atoms with Gasteiger partial charge in [-0.25, -0.2) is 12.8 Å². The average Bonchev–Trinajstić information content (AvgIpc) is 2.53. The van der Waals surface area contributed by atoms with E-state index in [9.17, 15) is 22.4 Å². The van der Waals surface area contributed by atoms with Crippen LogP contribution in [0.1, 0.15) is 24.2 Å². The van der Waals surface area contributed by atoms with Crippen LogP contribution in [0.2, 0.25) is 0 Å². The highest BCUT2D eigenvalue weighted by Gasteiger charge is 2.29. The number of nitrogens with zero attached hydrogens (tertiary/aromatic N) is 1. The number of ketones is 1. The summed E-state index contributed by atoms with van der Waals surface area (Å²) in [5, 5.41) is 2.58. The summed E-state index contributed by atoms with van der Waals surface area (Å²) >= 11 is 0. The van der Waals surface area contributed by atoms with E-state index in [2.05, 4.69) is 5.32 Å². The van der Waals surface area contributed by atoms with E-state index in [1.807, 2.05) is 0 Å². The maximum absolute atomic E-state index is 13.5. The van der Waals surface area contributed by atoms with Gasteiger partial charge in [-0.1, -0.05) is 18.2 Å². The molecule has 1 atom stereocenters. The number of nitrogens with one attached hydrogen (secondary N) is 1. The highest BCUT2D eigenvalue weighted by molar-refractivity contribution is 7.92. The van der Waals surface area contributed by atoms with E-state index in [-0.39, 0.29) is 11.5 Å². The molecule has 0 fully saturated rings. The monoisotopic (exact) mass is 378 g/mol. The van der Waals surface area contributed by atoms with Crippen molar-refractivity contribution in [2.75, 3.05) is 15.9 Å². The van der Waals surface area contributed by atoms with Crippen LogP contribution in [0.5, 0.6) is 0 Å². The predicted molar refractivity (Wildman–Crippen MR) is 98.3 cm³/mol. The fraction of sp³-hybridized carbons (Fsp3) is 0.222. The Bertz CT molecular complexity index is 944.